The number of aromatic nitrogens is 1. The molecule has 1 nitrogen and oxygen atoms in total. The molecule has 1 heterocycles. The molecule has 38 heavy (non-hydrogen) atoms. The van der Waals surface area contributed by atoms with E-state index in [-0.39, 0.29) is 0 Å². The van der Waals surface area contributed by atoms with E-state index in [1.54, 1.807) is 0 Å². The van der Waals surface area contributed by atoms with E-state index in [1.807, 2.05) is 0 Å². The molecule has 0 aliphatic heterocycles. The maximum atomic E-state index is 2.51. The molecular formula is C37H33N. The summed E-state index contributed by atoms with van der Waals surface area (Å²) >= 11 is 0. The lowest BCUT2D eigenvalue weighted by molar-refractivity contribution is 0.797. The van der Waals surface area contributed by atoms with Gasteiger partial charge in [0, 0.05) is 22.8 Å². The fraction of sp³-hybridized carbons (Fsp3) is 0.135. The van der Waals surface area contributed by atoms with Gasteiger partial charge in [-0.2, -0.15) is 0 Å². The SMILES string of the molecule is C1=CC=C(CCCc2ccc3c4ccc(/C=C/c5ccccc5)cc4n(Cc4ccccc4)c3c2)CC=C1. The van der Waals surface area contributed by atoms with E-state index in [0.29, 0.717) is 0 Å². The van der Waals surface area contributed by atoms with Crippen LogP contribution < -0.4 is 0 Å². The van der Waals surface area contributed by atoms with Gasteiger partial charge in [0.1, 0.15) is 0 Å². The molecule has 0 spiro atoms. The molecule has 1 aliphatic carbocycles. The summed E-state index contributed by atoms with van der Waals surface area (Å²) in [5, 5.41) is 2.65. The van der Waals surface area contributed by atoms with Crippen molar-refractivity contribution in [1.29, 1.82) is 0 Å². The average Bonchev–Trinajstić information content (AvgIpc) is 3.09. The standard InChI is InChI=1S/C37H33N/c1-2-6-13-29(12-5-1)18-11-19-31-22-24-34-35-25-23-32(21-20-30-14-7-3-8-15-30)27-37(35)38(36(34)26-31)28-33-16-9-4-10-17-33/h1-10,12,14-17,20-27H,11,13,18-19,28H2/b21-20+. The minimum Gasteiger partial charge on any atom is -0.336 e. The number of aryl methyl sites for hydroxylation is 1. The molecule has 1 aliphatic rings. The topological polar surface area (TPSA) is 4.93 Å². The highest BCUT2D eigenvalue weighted by Crippen LogP contribution is 2.32. The van der Waals surface area contributed by atoms with Crippen molar-refractivity contribution in [3.8, 4) is 0 Å². The van der Waals surface area contributed by atoms with Gasteiger partial charge in [-0.15, -0.1) is 0 Å². The Morgan fingerprint density at radius 1 is 0.605 bits per heavy atom. The fourth-order valence-corrected chi connectivity index (χ4v) is 5.44. The first-order valence-electron chi connectivity index (χ1n) is 13.7. The van der Waals surface area contributed by atoms with Gasteiger partial charge in [0.25, 0.3) is 0 Å². The minimum atomic E-state index is 0.863. The van der Waals surface area contributed by atoms with E-state index in [1.165, 1.54) is 56.1 Å². The van der Waals surface area contributed by atoms with Gasteiger partial charge in [-0.05, 0) is 60.1 Å². The van der Waals surface area contributed by atoms with Crippen molar-refractivity contribution in [2.75, 3.05) is 0 Å². The molecule has 0 saturated carbocycles. The lowest BCUT2D eigenvalue weighted by atomic mass is 10.0. The van der Waals surface area contributed by atoms with Gasteiger partial charge in [-0.3, -0.25) is 0 Å². The highest BCUT2D eigenvalue weighted by molar-refractivity contribution is 6.08. The number of allylic oxidation sites excluding steroid dienone is 6. The first-order chi connectivity index (χ1) is 18.8. The van der Waals surface area contributed by atoms with Crippen LogP contribution in [0.3, 0.4) is 0 Å². The molecule has 1 heteroatoms. The maximum Gasteiger partial charge on any atom is 0.0500 e. The van der Waals surface area contributed by atoms with Gasteiger partial charge < -0.3 is 4.57 Å². The molecule has 4 aromatic carbocycles. The van der Waals surface area contributed by atoms with E-state index >= 15 is 0 Å². The first kappa shape index (κ1) is 24.0. The number of hydrogen-bond donors (Lipinski definition) is 0. The number of rotatable bonds is 8. The van der Waals surface area contributed by atoms with E-state index in [9.17, 15) is 0 Å². The Balaban J connectivity index is 1.34. The van der Waals surface area contributed by atoms with Gasteiger partial charge in [0.15, 0.2) is 0 Å². The summed E-state index contributed by atoms with van der Waals surface area (Å²) in [5.74, 6) is 0. The normalized spacial score (nSPS) is 13.4. The molecule has 0 fully saturated rings. The molecule has 6 rings (SSSR count). The fourth-order valence-electron chi connectivity index (χ4n) is 5.44. The van der Waals surface area contributed by atoms with Crippen LogP contribution in [0.5, 0.6) is 0 Å². The second-order valence-electron chi connectivity index (χ2n) is 10.1. The number of nitrogens with zero attached hydrogens (tertiary/aromatic N) is 1. The summed E-state index contributed by atoms with van der Waals surface area (Å²) in [5.41, 5.74) is 9.31. The average molecular weight is 492 g/mol. The van der Waals surface area contributed by atoms with Crippen molar-refractivity contribution < 1.29 is 0 Å². The Morgan fingerprint density at radius 3 is 2.18 bits per heavy atom. The lowest BCUT2D eigenvalue weighted by Crippen LogP contribution is -2.00. The second-order valence-corrected chi connectivity index (χ2v) is 10.1. The quantitative estimate of drug-likeness (QED) is 0.190. The van der Waals surface area contributed by atoms with Crippen molar-refractivity contribution in [2.24, 2.45) is 0 Å². The third kappa shape index (κ3) is 5.48. The molecular weight excluding hydrogens is 458 g/mol. The van der Waals surface area contributed by atoms with Crippen molar-refractivity contribution in [2.45, 2.75) is 32.2 Å². The Labute approximate surface area is 225 Å². The zero-order chi connectivity index (χ0) is 25.6. The van der Waals surface area contributed by atoms with E-state index in [4.69, 9.17) is 0 Å². The maximum absolute atomic E-state index is 2.51. The van der Waals surface area contributed by atoms with Crippen LogP contribution in [0.25, 0.3) is 34.0 Å². The first-order valence-corrected chi connectivity index (χ1v) is 13.7. The summed E-state index contributed by atoms with van der Waals surface area (Å²) in [7, 11) is 0. The predicted octanol–water partition coefficient (Wildman–Crippen LogP) is 9.78. The Kier molecular flexibility index (Phi) is 7.17. The third-order valence-corrected chi connectivity index (χ3v) is 7.44. The van der Waals surface area contributed by atoms with Crippen LogP contribution in [0.2, 0.25) is 0 Å². The molecule has 0 bridgehead atoms. The molecule has 186 valence electrons. The molecule has 0 N–H and O–H groups in total. The Bertz CT molecular complexity index is 1660. The van der Waals surface area contributed by atoms with E-state index in [2.05, 4.69) is 144 Å². The van der Waals surface area contributed by atoms with E-state index in [0.717, 1.165) is 25.8 Å². The summed E-state index contributed by atoms with van der Waals surface area (Å²) in [6.45, 7) is 0.863. The highest BCUT2D eigenvalue weighted by atomic mass is 15.0. The molecule has 0 amide bonds. The molecule has 0 saturated heterocycles. The summed E-state index contributed by atoms with van der Waals surface area (Å²) < 4.78 is 2.51. The number of fused-ring (bicyclic) bond motifs is 3. The van der Waals surface area contributed by atoms with Crippen LogP contribution in [0, 0.1) is 0 Å². The van der Waals surface area contributed by atoms with Crippen LogP contribution in [0.1, 0.15) is 41.5 Å². The molecule has 0 atom stereocenters. The zero-order valence-electron chi connectivity index (χ0n) is 21.8. The molecule has 5 aromatic rings. The van der Waals surface area contributed by atoms with Crippen molar-refractivity contribution in [1.82, 2.24) is 4.57 Å². The number of benzene rings is 4. The Hall–Kier alpha value is -4.36. The van der Waals surface area contributed by atoms with Crippen LogP contribution in [-0.4, -0.2) is 4.57 Å². The van der Waals surface area contributed by atoms with Crippen LogP contribution in [0.4, 0.5) is 0 Å². The lowest BCUT2D eigenvalue weighted by Gasteiger charge is -2.10. The van der Waals surface area contributed by atoms with Crippen LogP contribution in [-0.2, 0) is 13.0 Å². The summed E-state index contributed by atoms with van der Waals surface area (Å²) in [6, 6.07) is 35.3. The van der Waals surface area contributed by atoms with E-state index < -0.39 is 0 Å². The van der Waals surface area contributed by atoms with Crippen LogP contribution in [0.15, 0.2) is 133 Å². The predicted molar refractivity (Wildman–Crippen MR) is 164 cm³/mol. The van der Waals surface area contributed by atoms with Crippen molar-refractivity contribution in [3.05, 3.63) is 155 Å². The number of hydrogen-bond acceptors (Lipinski definition) is 0. The van der Waals surface area contributed by atoms with Gasteiger partial charge in [-0.1, -0.05) is 133 Å². The zero-order valence-corrected chi connectivity index (χ0v) is 21.8. The Morgan fingerprint density at radius 2 is 1.34 bits per heavy atom. The molecule has 0 unspecified atom stereocenters. The summed E-state index contributed by atoms with van der Waals surface area (Å²) in [4.78, 5) is 0. The smallest absolute Gasteiger partial charge is 0.0500 e. The van der Waals surface area contributed by atoms with Crippen molar-refractivity contribution >= 4 is 34.0 Å². The van der Waals surface area contributed by atoms with Gasteiger partial charge >= 0.3 is 0 Å². The van der Waals surface area contributed by atoms with Gasteiger partial charge in [0.05, 0.1) is 5.52 Å². The van der Waals surface area contributed by atoms with Gasteiger partial charge in [-0.25, -0.2) is 0 Å². The monoisotopic (exact) mass is 491 g/mol. The molecule has 1 aromatic heterocycles. The molecule has 0 radical (unpaired) electrons. The largest absolute Gasteiger partial charge is 0.336 e. The van der Waals surface area contributed by atoms with Gasteiger partial charge in [0.2, 0.25) is 0 Å². The van der Waals surface area contributed by atoms with Crippen LogP contribution >= 0.6 is 0 Å². The summed E-state index contributed by atoms with van der Waals surface area (Å²) in [6.07, 6.45) is 19.9. The second kappa shape index (κ2) is 11.4. The highest BCUT2D eigenvalue weighted by Gasteiger charge is 2.12. The van der Waals surface area contributed by atoms with Crippen molar-refractivity contribution in [3.63, 3.8) is 0 Å². The third-order valence-electron chi connectivity index (χ3n) is 7.44. The minimum absolute atomic E-state index is 0.863.